The number of hydrogen-bond acceptors (Lipinski definition) is 3. The van der Waals surface area contributed by atoms with Gasteiger partial charge in [-0.1, -0.05) is 6.42 Å². The minimum Gasteiger partial charge on any atom is -0.467 e. The number of benzene rings is 1. The normalized spacial score (nSPS) is 17.5. The predicted molar refractivity (Wildman–Crippen MR) is 97.6 cm³/mol. The van der Waals surface area contributed by atoms with E-state index in [2.05, 4.69) is 10.3 Å². The first-order valence-corrected chi connectivity index (χ1v) is 7.78. The fraction of sp³-hybridized carbons (Fsp3) is 0.562. The van der Waals surface area contributed by atoms with Gasteiger partial charge in [-0.3, -0.25) is 4.99 Å². The third kappa shape index (κ3) is 4.94. The van der Waals surface area contributed by atoms with Crippen molar-refractivity contribution in [3.63, 3.8) is 0 Å². The zero-order valence-electron chi connectivity index (χ0n) is 13.0. The van der Waals surface area contributed by atoms with Crippen molar-refractivity contribution in [2.75, 3.05) is 19.9 Å². The number of guanidine groups is 1. The lowest BCUT2D eigenvalue weighted by molar-refractivity contribution is -0.0172. The number of halogens is 2. The summed E-state index contributed by atoms with van der Waals surface area (Å²) < 4.78 is 24.3. The zero-order valence-corrected chi connectivity index (χ0v) is 15.3. The van der Waals surface area contributed by atoms with E-state index in [-0.39, 0.29) is 36.6 Å². The van der Waals surface area contributed by atoms with Crippen LogP contribution in [0.25, 0.3) is 0 Å². The van der Waals surface area contributed by atoms with Gasteiger partial charge < -0.3 is 20.5 Å². The molecule has 5 nitrogen and oxygen atoms in total. The molecule has 3 N–H and O–H groups in total. The third-order valence-corrected chi connectivity index (χ3v) is 4.20. The maximum absolute atomic E-state index is 13.6. The molecular weight excluding hydrogens is 412 g/mol. The summed E-state index contributed by atoms with van der Waals surface area (Å²) in [5.74, 6) is 1.62. The van der Waals surface area contributed by atoms with E-state index in [1.165, 1.54) is 31.4 Å². The lowest BCUT2D eigenvalue weighted by Crippen LogP contribution is -2.34. The van der Waals surface area contributed by atoms with E-state index in [1.54, 1.807) is 0 Å². The average molecular weight is 435 g/mol. The molecule has 0 radical (unpaired) electrons. The van der Waals surface area contributed by atoms with Gasteiger partial charge >= 0.3 is 0 Å². The van der Waals surface area contributed by atoms with Crippen LogP contribution < -0.4 is 15.8 Å². The molecule has 3 rings (SSSR count). The minimum atomic E-state index is -0.269. The highest BCUT2D eigenvalue weighted by Crippen LogP contribution is 2.29. The van der Waals surface area contributed by atoms with Crippen LogP contribution in [0.4, 0.5) is 4.39 Å². The van der Waals surface area contributed by atoms with Gasteiger partial charge in [-0.15, -0.1) is 24.0 Å². The van der Waals surface area contributed by atoms with Crippen LogP contribution in [0.2, 0.25) is 0 Å². The second kappa shape index (κ2) is 8.68. The monoisotopic (exact) mass is 435 g/mol. The molecule has 0 amide bonds. The minimum absolute atomic E-state index is 0. The van der Waals surface area contributed by atoms with Crippen molar-refractivity contribution >= 4 is 29.9 Å². The molecule has 1 aromatic carbocycles. The van der Waals surface area contributed by atoms with Gasteiger partial charge in [-0.25, -0.2) is 4.39 Å². The molecular formula is C16H23FIN3O2. The molecule has 0 atom stereocenters. The van der Waals surface area contributed by atoms with Crippen molar-refractivity contribution in [3.05, 3.63) is 29.1 Å². The fourth-order valence-electron chi connectivity index (χ4n) is 2.73. The van der Waals surface area contributed by atoms with Gasteiger partial charge in [0, 0.05) is 18.7 Å². The highest BCUT2D eigenvalue weighted by molar-refractivity contribution is 14.0. The third-order valence-electron chi connectivity index (χ3n) is 4.20. The summed E-state index contributed by atoms with van der Waals surface area (Å²) in [6.07, 6.45) is 4.44. The van der Waals surface area contributed by atoms with Gasteiger partial charge in [-0.2, -0.15) is 0 Å². The summed E-state index contributed by atoms with van der Waals surface area (Å²) in [5.41, 5.74) is 7.43. The average Bonchev–Trinajstić information content (AvgIpc) is 2.45. The molecule has 7 heteroatoms. The van der Waals surface area contributed by atoms with E-state index in [1.807, 2.05) is 0 Å². The Balaban J connectivity index is 0.00000192. The SMILES string of the molecule is I.NC(=NCC1CCC1)NCCc1cc(F)cc2c1OCOC2. The summed E-state index contributed by atoms with van der Waals surface area (Å²) in [6, 6.07) is 2.97. The van der Waals surface area contributed by atoms with Crippen LogP contribution in [0.3, 0.4) is 0 Å². The first-order valence-electron chi connectivity index (χ1n) is 7.78. The lowest BCUT2D eigenvalue weighted by Gasteiger charge is -2.23. The molecule has 1 aliphatic carbocycles. The van der Waals surface area contributed by atoms with E-state index >= 15 is 0 Å². The smallest absolute Gasteiger partial charge is 0.189 e. The first-order chi connectivity index (χ1) is 10.7. The van der Waals surface area contributed by atoms with Crippen LogP contribution in [0, 0.1) is 11.7 Å². The number of ether oxygens (including phenoxy) is 2. The van der Waals surface area contributed by atoms with Crippen molar-refractivity contribution in [2.24, 2.45) is 16.6 Å². The summed E-state index contributed by atoms with van der Waals surface area (Å²) in [6.45, 7) is 2.00. The molecule has 1 aliphatic heterocycles. The summed E-state index contributed by atoms with van der Waals surface area (Å²) in [4.78, 5) is 4.34. The summed E-state index contributed by atoms with van der Waals surface area (Å²) >= 11 is 0. The Kier molecular flexibility index (Phi) is 6.88. The van der Waals surface area contributed by atoms with Crippen LogP contribution in [0.1, 0.15) is 30.4 Å². The number of nitrogens with one attached hydrogen (secondary N) is 1. The maximum Gasteiger partial charge on any atom is 0.189 e. The second-order valence-corrected chi connectivity index (χ2v) is 5.86. The van der Waals surface area contributed by atoms with E-state index in [4.69, 9.17) is 15.2 Å². The molecule has 1 saturated carbocycles. The van der Waals surface area contributed by atoms with Gasteiger partial charge in [0.15, 0.2) is 12.8 Å². The molecule has 1 aromatic rings. The summed E-state index contributed by atoms with van der Waals surface area (Å²) in [5, 5.41) is 3.08. The highest BCUT2D eigenvalue weighted by Gasteiger charge is 2.17. The Labute approximate surface area is 152 Å². The quantitative estimate of drug-likeness (QED) is 0.424. The van der Waals surface area contributed by atoms with E-state index in [0.717, 1.165) is 23.4 Å². The Morgan fingerprint density at radius 1 is 1.39 bits per heavy atom. The predicted octanol–water partition coefficient (Wildman–Crippen LogP) is 2.56. The molecule has 128 valence electrons. The van der Waals surface area contributed by atoms with Crippen molar-refractivity contribution in [2.45, 2.75) is 32.3 Å². The van der Waals surface area contributed by atoms with Crippen molar-refractivity contribution in [1.82, 2.24) is 5.32 Å². The Bertz CT molecular complexity index is 565. The van der Waals surface area contributed by atoms with E-state index < -0.39 is 0 Å². The number of hydrogen-bond donors (Lipinski definition) is 2. The van der Waals surface area contributed by atoms with Crippen molar-refractivity contribution in [3.8, 4) is 5.75 Å². The maximum atomic E-state index is 13.6. The van der Waals surface area contributed by atoms with Gasteiger partial charge in [0.2, 0.25) is 0 Å². The molecule has 23 heavy (non-hydrogen) atoms. The summed E-state index contributed by atoms with van der Waals surface area (Å²) in [7, 11) is 0. The highest BCUT2D eigenvalue weighted by atomic mass is 127. The van der Waals surface area contributed by atoms with Crippen LogP contribution in [-0.4, -0.2) is 25.8 Å². The number of rotatable bonds is 5. The standard InChI is InChI=1S/C16H22FN3O2.HI/c17-14-6-12(15-13(7-14)9-21-10-22-15)4-5-19-16(18)20-8-11-2-1-3-11;/h6-7,11H,1-5,8-10H2,(H3,18,19,20);1H. The first kappa shape index (κ1) is 18.3. The second-order valence-electron chi connectivity index (χ2n) is 5.86. The molecule has 0 bridgehead atoms. The number of fused-ring (bicyclic) bond motifs is 1. The van der Waals surface area contributed by atoms with E-state index in [9.17, 15) is 4.39 Å². The number of aliphatic imine (C=N–C) groups is 1. The molecule has 2 aliphatic rings. The molecule has 0 spiro atoms. The molecule has 0 aromatic heterocycles. The Morgan fingerprint density at radius 3 is 2.96 bits per heavy atom. The molecule has 0 saturated heterocycles. The van der Waals surface area contributed by atoms with Crippen LogP contribution in [-0.2, 0) is 17.8 Å². The van der Waals surface area contributed by atoms with E-state index in [0.29, 0.717) is 31.4 Å². The molecule has 1 fully saturated rings. The van der Waals surface area contributed by atoms with Crippen LogP contribution >= 0.6 is 24.0 Å². The Hall–Kier alpha value is -1.09. The lowest BCUT2D eigenvalue weighted by atomic mass is 9.86. The molecule has 0 unspecified atom stereocenters. The van der Waals surface area contributed by atoms with Gasteiger partial charge in [0.05, 0.1) is 6.61 Å². The van der Waals surface area contributed by atoms with Crippen LogP contribution in [0.5, 0.6) is 5.75 Å². The number of nitrogens with zero attached hydrogens (tertiary/aromatic N) is 1. The molecule has 1 heterocycles. The van der Waals surface area contributed by atoms with Gasteiger partial charge in [0.25, 0.3) is 0 Å². The topological polar surface area (TPSA) is 68.9 Å². The fourth-order valence-corrected chi connectivity index (χ4v) is 2.73. The van der Waals surface area contributed by atoms with Crippen LogP contribution in [0.15, 0.2) is 17.1 Å². The Morgan fingerprint density at radius 2 is 2.22 bits per heavy atom. The zero-order chi connectivity index (χ0) is 15.4. The largest absolute Gasteiger partial charge is 0.467 e. The van der Waals surface area contributed by atoms with Gasteiger partial charge in [-0.05, 0) is 42.9 Å². The van der Waals surface area contributed by atoms with Crippen molar-refractivity contribution < 1.29 is 13.9 Å². The van der Waals surface area contributed by atoms with Crippen molar-refractivity contribution in [1.29, 1.82) is 0 Å². The number of nitrogens with two attached hydrogens (primary N) is 1. The van der Waals surface area contributed by atoms with Gasteiger partial charge in [0.1, 0.15) is 11.6 Å².